The van der Waals surface area contributed by atoms with Crippen molar-refractivity contribution < 1.29 is 14.2 Å². The molecule has 0 saturated carbocycles. The molecule has 20 heavy (non-hydrogen) atoms. The van der Waals surface area contributed by atoms with Gasteiger partial charge in [-0.15, -0.1) is 0 Å². The van der Waals surface area contributed by atoms with Crippen molar-refractivity contribution in [1.82, 2.24) is 9.97 Å². The van der Waals surface area contributed by atoms with Gasteiger partial charge in [0.15, 0.2) is 11.5 Å². The highest BCUT2D eigenvalue weighted by Crippen LogP contribution is 2.40. The van der Waals surface area contributed by atoms with E-state index < -0.39 is 5.69 Å². The Morgan fingerprint density at radius 1 is 1.10 bits per heavy atom. The highest BCUT2D eigenvalue weighted by Gasteiger charge is 2.13. The third-order valence-electron chi connectivity index (χ3n) is 2.62. The summed E-state index contributed by atoms with van der Waals surface area (Å²) in [6.07, 6.45) is 1.42. The van der Waals surface area contributed by atoms with E-state index in [9.17, 15) is 4.79 Å². The molecule has 0 unspecified atom stereocenters. The van der Waals surface area contributed by atoms with Gasteiger partial charge in [0.05, 0.1) is 21.3 Å². The van der Waals surface area contributed by atoms with Gasteiger partial charge in [0.25, 0.3) is 0 Å². The van der Waals surface area contributed by atoms with Crippen molar-refractivity contribution in [3.8, 4) is 17.2 Å². The summed E-state index contributed by atoms with van der Waals surface area (Å²) < 4.78 is 15.7. The highest BCUT2D eigenvalue weighted by molar-refractivity contribution is 5.66. The van der Waals surface area contributed by atoms with E-state index in [2.05, 4.69) is 15.3 Å². The van der Waals surface area contributed by atoms with Crippen LogP contribution in [0.4, 0.5) is 11.5 Å². The number of benzene rings is 1. The van der Waals surface area contributed by atoms with Gasteiger partial charge in [0.1, 0.15) is 5.82 Å². The monoisotopic (exact) mass is 277 g/mol. The van der Waals surface area contributed by atoms with Crippen molar-refractivity contribution in [3.05, 3.63) is 34.9 Å². The molecule has 0 atom stereocenters. The average Bonchev–Trinajstić information content (AvgIpc) is 2.46. The molecule has 1 aromatic carbocycles. The summed E-state index contributed by atoms with van der Waals surface area (Å²) in [7, 11) is 4.61. The van der Waals surface area contributed by atoms with Gasteiger partial charge in [-0.25, -0.2) is 9.78 Å². The zero-order chi connectivity index (χ0) is 14.5. The van der Waals surface area contributed by atoms with E-state index in [0.717, 1.165) is 0 Å². The van der Waals surface area contributed by atoms with E-state index in [-0.39, 0.29) is 0 Å². The van der Waals surface area contributed by atoms with Gasteiger partial charge < -0.3 is 19.5 Å². The number of ether oxygens (including phenoxy) is 3. The molecule has 0 bridgehead atoms. The smallest absolute Gasteiger partial charge is 0.346 e. The van der Waals surface area contributed by atoms with Crippen LogP contribution >= 0.6 is 0 Å². The Labute approximate surface area is 115 Å². The van der Waals surface area contributed by atoms with Crippen molar-refractivity contribution in [3.63, 3.8) is 0 Å². The molecule has 0 aliphatic rings. The predicted molar refractivity (Wildman–Crippen MR) is 74.2 cm³/mol. The maximum atomic E-state index is 11.2. The quantitative estimate of drug-likeness (QED) is 0.862. The standard InChI is InChI=1S/C13H15N3O4/c1-18-9-6-8(7-10(19-2)12(9)20-3)15-11-4-5-14-13(17)16-11/h4-7H,1-3H3,(H2,14,15,16,17). The lowest BCUT2D eigenvalue weighted by atomic mass is 10.2. The molecule has 2 N–H and O–H groups in total. The first-order chi connectivity index (χ1) is 9.67. The Balaban J connectivity index is 2.39. The minimum atomic E-state index is -0.428. The molecule has 7 heteroatoms. The van der Waals surface area contributed by atoms with Crippen LogP contribution in [0, 0.1) is 0 Å². The number of nitrogens with zero attached hydrogens (tertiary/aromatic N) is 1. The SMILES string of the molecule is COc1cc(Nc2ccnc(=O)[nH]2)cc(OC)c1OC. The minimum absolute atomic E-state index is 0.428. The normalized spacial score (nSPS) is 9.95. The molecule has 2 rings (SSSR count). The van der Waals surface area contributed by atoms with E-state index in [0.29, 0.717) is 28.8 Å². The zero-order valence-corrected chi connectivity index (χ0v) is 11.4. The van der Waals surface area contributed by atoms with Gasteiger partial charge in [0.2, 0.25) is 5.75 Å². The van der Waals surface area contributed by atoms with Gasteiger partial charge in [-0.2, -0.15) is 0 Å². The minimum Gasteiger partial charge on any atom is -0.493 e. The molecule has 0 spiro atoms. The Bertz CT molecular complexity index is 629. The van der Waals surface area contributed by atoms with Crippen LogP contribution in [0.15, 0.2) is 29.2 Å². The maximum Gasteiger partial charge on any atom is 0.346 e. The Morgan fingerprint density at radius 3 is 2.25 bits per heavy atom. The van der Waals surface area contributed by atoms with Gasteiger partial charge in [0, 0.05) is 24.0 Å². The molecule has 0 radical (unpaired) electrons. The van der Waals surface area contributed by atoms with Crippen LogP contribution < -0.4 is 25.2 Å². The maximum absolute atomic E-state index is 11.2. The molecule has 0 amide bonds. The van der Waals surface area contributed by atoms with E-state index in [1.165, 1.54) is 27.5 Å². The second-order valence-corrected chi connectivity index (χ2v) is 3.83. The van der Waals surface area contributed by atoms with Crippen LogP contribution in [-0.2, 0) is 0 Å². The van der Waals surface area contributed by atoms with Crippen LogP contribution in [0.5, 0.6) is 17.2 Å². The van der Waals surface area contributed by atoms with Crippen LogP contribution in [-0.4, -0.2) is 31.3 Å². The second-order valence-electron chi connectivity index (χ2n) is 3.83. The van der Waals surface area contributed by atoms with Gasteiger partial charge in [-0.1, -0.05) is 0 Å². The second kappa shape index (κ2) is 5.96. The summed E-state index contributed by atoms with van der Waals surface area (Å²) >= 11 is 0. The largest absolute Gasteiger partial charge is 0.493 e. The topological polar surface area (TPSA) is 85.5 Å². The van der Waals surface area contributed by atoms with Crippen LogP contribution in [0.2, 0.25) is 0 Å². The summed E-state index contributed by atoms with van der Waals surface area (Å²) in [6.45, 7) is 0. The van der Waals surface area contributed by atoms with Crippen molar-refractivity contribution >= 4 is 11.5 Å². The van der Waals surface area contributed by atoms with Crippen molar-refractivity contribution in [2.75, 3.05) is 26.6 Å². The van der Waals surface area contributed by atoms with Crippen LogP contribution in [0.1, 0.15) is 0 Å². The summed E-state index contributed by atoms with van der Waals surface area (Å²) in [6, 6.07) is 5.12. The number of methoxy groups -OCH3 is 3. The van der Waals surface area contributed by atoms with Crippen LogP contribution in [0.25, 0.3) is 0 Å². The molecule has 1 heterocycles. The molecule has 0 aliphatic carbocycles. The van der Waals surface area contributed by atoms with Crippen molar-refractivity contribution in [1.29, 1.82) is 0 Å². The predicted octanol–water partition coefficient (Wildman–Crippen LogP) is 1.54. The molecule has 0 saturated heterocycles. The molecule has 7 nitrogen and oxygen atoms in total. The van der Waals surface area contributed by atoms with Crippen molar-refractivity contribution in [2.45, 2.75) is 0 Å². The first-order valence-corrected chi connectivity index (χ1v) is 5.80. The number of H-pyrrole nitrogens is 1. The summed E-state index contributed by atoms with van der Waals surface area (Å²) in [5.74, 6) is 2.06. The lowest BCUT2D eigenvalue weighted by molar-refractivity contribution is 0.324. The van der Waals surface area contributed by atoms with Crippen molar-refractivity contribution in [2.24, 2.45) is 0 Å². The number of hydrogen-bond donors (Lipinski definition) is 2. The number of rotatable bonds is 5. The molecular weight excluding hydrogens is 262 g/mol. The number of hydrogen-bond acceptors (Lipinski definition) is 6. The first-order valence-electron chi connectivity index (χ1n) is 5.80. The fourth-order valence-corrected chi connectivity index (χ4v) is 1.75. The molecule has 1 aromatic heterocycles. The number of aromatic nitrogens is 2. The van der Waals surface area contributed by atoms with E-state index >= 15 is 0 Å². The number of nitrogens with one attached hydrogen (secondary N) is 2. The number of aromatic amines is 1. The van der Waals surface area contributed by atoms with E-state index in [1.54, 1.807) is 18.2 Å². The van der Waals surface area contributed by atoms with E-state index in [4.69, 9.17) is 14.2 Å². The average molecular weight is 277 g/mol. The third-order valence-corrected chi connectivity index (χ3v) is 2.62. The third kappa shape index (κ3) is 2.82. The molecule has 2 aromatic rings. The number of anilines is 2. The fraction of sp³-hybridized carbons (Fsp3) is 0.231. The first kappa shape index (κ1) is 13.7. The Kier molecular flexibility index (Phi) is 4.09. The highest BCUT2D eigenvalue weighted by atomic mass is 16.5. The van der Waals surface area contributed by atoms with Crippen LogP contribution in [0.3, 0.4) is 0 Å². The zero-order valence-electron chi connectivity index (χ0n) is 11.4. The lowest BCUT2D eigenvalue weighted by Crippen LogP contribution is -2.10. The molecular formula is C13H15N3O4. The lowest BCUT2D eigenvalue weighted by Gasteiger charge is -2.14. The van der Waals surface area contributed by atoms with Gasteiger partial charge in [-0.3, -0.25) is 4.98 Å². The van der Waals surface area contributed by atoms with Gasteiger partial charge >= 0.3 is 5.69 Å². The van der Waals surface area contributed by atoms with Gasteiger partial charge in [-0.05, 0) is 6.07 Å². The molecule has 0 fully saturated rings. The summed E-state index contributed by atoms with van der Waals surface area (Å²) in [5, 5.41) is 3.03. The summed E-state index contributed by atoms with van der Waals surface area (Å²) in [4.78, 5) is 17.3. The molecule has 106 valence electrons. The summed E-state index contributed by atoms with van der Waals surface area (Å²) in [5.41, 5.74) is 0.254. The fourth-order valence-electron chi connectivity index (χ4n) is 1.75. The Morgan fingerprint density at radius 2 is 1.75 bits per heavy atom. The molecule has 0 aliphatic heterocycles. The van der Waals surface area contributed by atoms with E-state index in [1.807, 2.05) is 0 Å². The Hall–Kier alpha value is -2.70.